The lowest BCUT2D eigenvalue weighted by Crippen LogP contribution is -2.16. The minimum atomic E-state index is 0.382. The predicted molar refractivity (Wildman–Crippen MR) is 114 cm³/mol. The van der Waals surface area contributed by atoms with Crippen LogP contribution in [0.25, 0.3) is 11.1 Å². The summed E-state index contributed by atoms with van der Waals surface area (Å²) < 4.78 is 6.07. The molecule has 27 heavy (non-hydrogen) atoms. The molecule has 0 aliphatic heterocycles. The fraction of sp³-hybridized carbons (Fsp3) is 0.538. The summed E-state index contributed by atoms with van der Waals surface area (Å²) in [7, 11) is 0. The summed E-state index contributed by atoms with van der Waals surface area (Å²) in [5, 5.41) is 0. The van der Waals surface area contributed by atoms with Crippen molar-refractivity contribution in [3.8, 4) is 16.9 Å². The Balaban J connectivity index is 1.74. The number of ether oxygens (including phenoxy) is 1. The van der Waals surface area contributed by atoms with Gasteiger partial charge in [0.1, 0.15) is 5.75 Å². The van der Waals surface area contributed by atoms with Crippen LogP contribution in [0, 0.1) is 11.3 Å². The van der Waals surface area contributed by atoms with Gasteiger partial charge in [-0.15, -0.1) is 0 Å². The molecule has 0 saturated heterocycles. The van der Waals surface area contributed by atoms with Gasteiger partial charge in [-0.05, 0) is 83.7 Å². The Labute approximate surface area is 165 Å². The van der Waals surface area contributed by atoms with Crippen molar-refractivity contribution in [3.63, 3.8) is 0 Å². The molecule has 0 N–H and O–H groups in total. The van der Waals surface area contributed by atoms with E-state index in [1.165, 1.54) is 48.8 Å². The first-order valence-electron chi connectivity index (χ1n) is 10.8. The molecule has 0 aromatic heterocycles. The third-order valence-corrected chi connectivity index (χ3v) is 6.36. The Morgan fingerprint density at radius 1 is 1.04 bits per heavy atom. The third kappa shape index (κ3) is 4.23. The Bertz CT molecular complexity index is 798. The van der Waals surface area contributed by atoms with Gasteiger partial charge < -0.3 is 4.74 Å². The molecule has 2 fully saturated rings. The van der Waals surface area contributed by atoms with Crippen molar-refractivity contribution < 1.29 is 4.74 Å². The van der Waals surface area contributed by atoms with E-state index >= 15 is 0 Å². The first-order chi connectivity index (χ1) is 12.9. The average Bonchev–Trinajstić information content (AvgIpc) is 3.35. The fourth-order valence-corrected chi connectivity index (χ4v) is 4.78. The van der Waals surface area contributed by atoms with Crippen molar-refractivity contribution in [2.24, 2.45) is 11.3 Å². The van der Waals surface area contributed by atoms with E-state index in [2.05, 4.69) is 70.2 Å². The highest BCUT2D eigenvalue weighted by Gasteiger charge is 2.36. The number of hydrogen-bond acceptors (Lipinski definition) is 1. The average molecular weight is 363 g/mol. The van der Waals surface area contributed by atoms with Crippen LogP contribution in [0.2, 0.25) is 0 Å². The summed E-state index contributed by atoms with van der Waals surface area (Å²) in [6.07, 6.45) is 7.99. The van der Waals surface area contributed by atoms with Crippen molar-refractivity contribution in [3.05, 3.63) is 53.6 Å². The van der Waals surface area contributed by atoms with Crippen molar-refractivity contribution in [1.29, 1.82) is 0 Å². The Hall–Kier alpha value is -1.76. The molecule has 0 unspecified atom stereocenters. The maximum absolute atomic E-state index is 6.07. The summed E-state index contributed by atoms with van der Waals surface area (Å²) in [5.74, 6) is 2.36. The van der Waals surface area contributed by atoms with Gasteiger partial charge in [-0.1, -0.05) is 64.4 Å². The predicted octanol–water partition coefficient (Wildman–Crippen LogP) is 7.39. The highest BCUT2D eigenvalue weighted by molar-refractivity contribution is 5.70. The Morgan fingerprint density at radius 2 is 1.85 bits per heavy atom. The number of rotatable bonds is 6. The van der Waals surface area contributed by atoms with E-state index in [9.17, 15) is 0 Å². The summed E-state index contributed by atoms with van der Waals surface area (Å²) >= 11 is 0. The Morgan fingerprint density at radius 3 is 2.52 bits per heavy atom. The SMILES string of the molecule is CC(C)Cc1ccc(-c2cccc(OC3CC3)c2)c([C@@H]2CCCC2(C)C)c1. The van der Waals surface area contributed by atoms with E-state index in [0.29, 0.717) is 23.4 Å². The minimum Gasteiger partial charge on any atom is -0.490 e. The van der Waals surface area contributed by atoms with E-state index in [4.69, 9.17) is 4.74 Å². The molecule has 0 amide bonds. The van der Waals surface area contributed by atoms with Crippen LogP contribution in [0.5, 0.6) is 5.75 Å². The molecule has 1 atom stereocenters. The molecule has 2 aliphatic carbocycles. The molecule has 1 nitrogen and oxygen atoms in total. The van der Waals surface area contributed by atoms with E-state index in [0.717, 1.165) is 12.2 Å². The first-order valence-corrected chi connectivity index (χ1v) is 10.8. The smallest absolute Gasteiger partial charge is 0.120 e. The van der Waals surface area contributed by atoms with Crippen molar-refractivity contribution in [1.82, 2.24) is 0 Å². The van der Waals surface area contributed by atoms with Gasteiger partial charge in [-0.25, -0.2) is 0 Å². The quantitative estimate of drug-likeness (QED) is 0.520. The molecule has 0 spiro atoms. The summed E-state index contributed by atoms with van der Waals surface area (Å²) in [4.78, 5) is 0. The van der Waals surface area contributed by atoms with Crippen LogP contribution < -0.4 is 4.74 Å². The molecule has 2 saturated carbocycles. The lowest BCUT2D eigenvalue weighted by atomic mass is 9.75. The van der Waals surface area contributed by atoms with Crippen molar-refractivity contribution in [2.75, 3.05) is 0 Å². The van der Waals surface area contributed by atoms with Crippen LogP contribution in [0.1, 0.15) is 76.8 Å². The van der Waals surface area contributed by atoms with Crippen LogP contribution >= 0.6 is 0 Å². The minimum absolute atomic E-state index is 0.382. The standard InChI is InChI=1S/C26H34O/c1-18(2)15-19-10-13-23(24(16-19)25-9-6-14-26(25,3)4)20-7-5-8-22(17-20)27-21-11-12-21/h5,7-8,10,13,16-18,21,25H,6,9,11-12,14-15H2,1-4H3/t25-/m0/s1. The van der Waals surface area contributed by atoms with Crippen molar-refractivity contribution in [2.45, 2.75) is 78.2 Å². The normalized spacial score (nSPS) is 21.6. The molecule has 2 aromatic carbocycles. The molecule has 1 heteroatoms. The van der Waals surface area contributed by atoms with Crippen molar-refractivity contribution >= 4 is 0 Å². The van der Waals surface area contributed by atoms with Gasteiger partial charge in [0.25, 0.3) is 0 Å². The summed E-state index contributed by atoms with van der Waals surface area (Å²) in [5.41, 5.74) is 6.13. The molecule has 0 radical (unpaired) electrons. The van der Waals surface area contributed by atoms with E-state index in [-0.39, 0.29) is 0 Å². The molecule has 4 rings (SSSR count). The Kier molecular flexibility index (Phi) is 5.05. The zero-order valence-electron chi connectivity index (χ0n) is 17.4. The highest BCUT2D eigenvalue weighted by atomic mass is 16.5. The van der Waals surface area contributed by atoms with Crippen LogP contribution in [-0.4, -0.2) is 6.10 Å². The third-order valence-electron chi connectivity index (χ3n) is 6.36. The molecule has 0 heterocycles. The largest absolute Gasteiger partial charge is 0.490 e. The first kappa shape index (κ1) is 18.6. The molecule has 144 valence electrons. The molecular weight excluding hydrogens is 328 g/mol. The highest BCUT2D eigenvalue weighted by Crippen LogP contribution is 2.51. The topological polar surface area (TPSA) is 9.23 Å². The van der Waals surface area contributed by atoms with Crippen LogP contribution in [0.4, 0.5) is 0 Å². The lowest BCUT2D eigenvalue weighted by molar-refractivity contribution is 0.303. The van der Waals surface area contributed by atoms with Gasteiger partial charge in [-0.2, -0.15) is 0 Å². The monoisotopic (exact) mass is 362 g/mol. The molecule has 2 aliphatic rings. The zero-order valence-corrected chi connectivity index (χ0v) is 17.4. The van der Waals surface area contributed by atoms with Crippen LogP contribution in [0.15, 0.2) is 42.5 Å². The van der Waals surface area contributed by atoms with Gasteiger partial charge in [0, 0.05) is 0 Å². The second kappa shape index (κ2) is 7.34. The molecule has 2 aromatic rings. The fourth-order valence-electron chi connectivity index (χ4n) is 4.78. The van der Waals surface area contributed by atoms with Gasteiger partial charge in [0.2, 0.25) is 0 Å². The summed E-state index contributed by atoms with van der Waals surface area (Å²) in [6, 6.07) is 16.0. The van der Waals surface area contributed by atoms with E-state index in [1.54, 1.807) is 5.56 Å². The van der Waals surface area contributed by atoms with Gasteiger partial charge in [0.15, 0.2) is 0 Å². The van der Waals surface area contributed by atoms with Gasteiger partial charge in [0.05, 0.1) is 6.10 Å². The zero-order chi connectivity index (χ0) is 19.0. The molecular formula is C26H34O. The summed E-state index contributed by atoms with van der Waals surface area (Å²) in [6.45, 7) is 9.53. The van der Waals surface area contributed by atoms with E-state index < -0.39 is 0 Å². The van der Waals surface area contributed by atoms with Gasteiger partial charge in [-0.3, -0.25) is 0 Å². The maximum atomic E-state index is 6.07. The van der Waals surface area contributed by atoms with E-state index in [1.807, 2.05) is 0 Å². The lowest BCUT2D eigenvalue weighted by Gasteiger charge is -2.30. The van der Waals surface area contributed by atoms with Gasteiger partial charge >= 0.3 is 0 Å². The maximum Gasteiger partial charge on any atom is 0.120 e. The second-order valence-electron chi connectivity index (χ2n) is 9.80. The number of hydrogen-bond donors (Lipinski definition) is 0. The number of benzene rings is 2. The second-order valence-corrected chi connectivity index (χ2v) is 9.80. The van der Waals surface area contributed by atoms with Crippen LogP contribution in [0.3, 0.4) is 0 Å². The van der Waals surface area contributed by atoms with Crippen LogP contribution in [-0.2, 0) is 6.42 Å². The molecule has 0 bridgehead atoms.